The van der Waals surface area contributed by atoms with Gasteiger partial charge in [0.25, 0.3) is 0 Å². The summed E-state index contributed by atoms with van der Waals surface area (Å²) in [4.78, 5) is 2.83. The molecule has 0 bridgehead atoms. The van der Waals surface area contributed by atoms with Gasteiger partial charge >= 0.3 is 0 Å². The van der Waals surface area contributed by atoms with Crippen LogP contribution in [0, 0.1) is 11.8 Å². The fraction of sp³-hybridized carbons (Fsp3) is 1.00. The van der Waals surface area contributed by atoms with E-state index < -0.39 is 0 Å². The molecule has 2 saturated carbocycles. The lowest BCUT2D eigenvalue weighted by molar-refractivity contribution is 0.0484. The van der Waals surface area contributed by atoms with Crippen molar-refractivity contribution in [2.75, 3.05) is 13.1 Å². The highest BCUT2D eigenvalue weighted by Crippen LogP contribution is 2.34. The Bertz CT molecular complexity index is 294. The molecule has 1 saturated heterocycles. The fourth-order valence-corrected chi connectivity index (χ4v) is 4.64. The number of likely N-dealkylation sites (tertiary alicyclic amines) is 1. The summed E-state index contributed by atoms with van der Waals surface area (Å²) in [6, 6.07) is 2.42. The topological polar surface area (TPSA) is 15.3 Å². The molecule has 116 valence electrons. The maximum absolute atomic E-state index is 4.00. The summed E-state index contributed by atoms with van der Waals surface area (Å²) in [6.45, 7) is 7.55. The Kier molecular flexibility index (Phi) is 5.04. The molecule has 3 unspecified atom stereocenters. The van der Waals surface area contributed by atoms with Gasteiger partial charge in [-0.2, -0.15) is 0 Å². The fourth-order valence-electron chi connectivity index (χ4n) is 4.64. The van der Waals surface area contributed by atoms with E-state index in [2.05, 4.69) is 24.1 Å². The molecule has 1 aliphatic heterocycles. The van der Waals surface area contributed by atoms with E-state index in [-0.39, 0.29) is 0 Å². The lowest BCUT2D eigenvalue weighted by atomic mass is 9.78. The van der Waals surface area contributed by atoms with Crippen molar-refractivity contribution in [3.05, 3.63) is 0 Å². The van der Waals surface area contributed by atoms with Crippen LogP contribution in [0.4, 0.5) is 0 Å². The lowest BCUT2D eigenvalue weighted by Gasteiger charge is -2.46. The molecule has 2 nitrogen and oxygen atoms in total. The molecule has 0 spiro atoms. The number of rotatable bonds is 5. The van der Waals surface area contributed by atoms with Crippen LogP contribution >= 0.6 is 0 Å². The molecule has 3 aliphatic rings. The second-order valence-corrected chi connectivity index (χ2v) is 7.74. The molecule has 20 heavy (non-hydrogen) atoms. The van der Waals surface area contributed by atoms with Crippen molar-refractivity contribution >= 4 is 0 Å². The van der Waals surface area contributed by atoms with Crippen LogP contribution in [0.1, 0.15) is 71.6 Å². The average Bonchev–Trinajstić information content (AvgIpc) is 2.89. The molecule has 3 fully saturated rings. The van der Waals surface area contributed by atoms with Crippen LogP contribution in [0.5, 0.6) is 0 Å². The summed E-state index contributed by atoms with van der Waals surface area (Å²) in [7, 11) is 0. The maximum Gasteiger partial charge on any atom is 0.0200 e. The smallest absolute Gasteiger partial charge is 0.0200 e. The quantitative estimate of drug-likeness (QED) is 0.822. The molecular formula is C18H34N2. The Balaban J connectivity index is 1.56. The van der Waals surface area contributed by atoms with Crippen LogP contribution in [0.25, 0.3) is 0 Å². The van der Waals surface area contributed by atoms with E-state index >= 15 is 0 Å². The van der Waals surface area contributed by atoms with E-state index in [9.17, 15) is 0 Å². The molecule has 0 aromatic rings. The van der Waals surface area contributed by atoms with Crippen molar-refractivity contribution in [1.29, 1.82) is 0 Å². The summed E-state index contributed by atoms with van der Waals surface area (Å²) in [5, 5.41) is 4.00. The van der Waals surface area contributed by atoms with Gasteiger partial charge in [-0.25, -0.2) is 0 Å². The SMILES string of the molecule is CCC1CC(NC2CCCC2)CN(C(C)C2CCC2)C1. The summed E-state index contributed by atoms with van der Waals surface area (Å²) in [5.74, 6) is 1.92. The molecule has 3 atom stereocenters. The first kappa shape index (κ1) is 14.8. The van der Waals surface area contributed by atoms with Gasteiger partial charge in [0.15, 0.2) is 0 Å². The van der Waals surface area contributed by atoms with E-state index in [1.165, 1.54) is 70.9 Å². The largest absolute Gasteiger partial charge is 0.310 e. The van der Waals surface area contributed by atoms with Crippen LogP contribution in [-0.2, 0) is 0 Å². The van der Waals surface area contributed by atoms with Crippen LogP contribution in [0.3, 0.4) is 0 Å². The zero-order chi connectivity index (χ0) is 13.9. The Hall–Kier alpha value is -0.0800. The highest BCUT2D eigenvalue weighted by Gasteiger charge is 2.34. The van der Waals surface area contributed by atoms with Gasteiger partial charge < -0.3 is 5.32 Å². The van der Waals surface area contributed by atoms with Crippen LogP contribution in [0.2, 0.25) is 0 Å². The molecule has 2 aliphatic carbocycles. The van der Waals surface area contributed by atoms with E-state index in [1.54, 1.807) is 0 Å². The minimum atomic E-state index is 0.763. The van der Waals surface area contributed by atoms with Crippen molar-refractivity contribution in [2.24, 2.45) is 11.8 Å². The summed E-state index contributed by atoms with van der Waals surface area (Å²) >= 11 is 0. The molecule has 0 radical (unpaired) electrons. The zero-order valence-corrected chi connectivity index (χ0v) is 13.6. The second-order valence-electron chi connectivity index (χ2n) is 7.74. The van der Waals surface area contributed by atoms with Crippen molar-refractivity contribution in [1.82, 2.24) is 10.2 Å². The van der Waals surface area contributed by atoms with Crippen molar-refractivity contribution < 1.29 is 0 Å². The maximum atomic E-state index is 4.00. The standard InChI is InChI=1S/C18H34N2/c1-3-15-11-18(19-17-9-4-5-10-17)13-20(12-15)14(2)16-7-6-8-16/h14-19H,3-13H2,1-2H3. The van der Waals surface area contributed by atoms with Crippen molar-refractivity contribution in [3.8, 4) is 0 Å². The van der Waals surface area contributed by atoms with E-state index in [0.29, 0.717) is 0 Å². The van der Waals surface area contributed by atoms with Crippen molar-refractivity contribution in [3.63, 3.8) is 0 Å². The molecule has 0 aromatic heterocycles. The minimum Gasteiger partial charge on any atom is -0.310 e. The number of nitrogens with zero attached hydrogens (tertiary/aromatic N) is 1. The highest BCUT2D eigenvalue weighted by molar-refractivity contribution is 4.91. The molecule has 0 amide bonds. The van der Waals surface area contributed by atoms with E-state index in [4.69, 9.17) is 0 Å². The molecule has 3 rings (SSSR count). The summed E-state index contributed by atoms with van der Waals surface area (Å²) < 4.78 is 0. The number of piperidine rings is 1. The first-order chi connectivity index (χ1) is 9.76. The number of hydrogen-bond acceptors (Lipinski definition) is 2. The van der Waals surface area contributed by atoms with Gasteiger partial charge in [-0.3, -0.25) is 4.90 Å². The van der Waals surface area contributed by atoms with Gasteiger partial charge in [0, 0.05) is 31.2 Å². The van der Waals surface area contributed by atoms with Gasteiger partial charge in [0.05, 0.1) is 0 Å². The summed E-state index contributed by atoms with van der Waals surface area (Å²) in [6.07, 6.45) is 13.0. The van der Waals surface area contributed by atoms with Gasteiger partial charge in [-0.1, -0.05) is 32.6 Å². The second kappa shape index (κ2) is 6.79. The number of nitrogens with one attached hydrogen (secondary N) is 1. The first-order valence-electron chi connectivity index (χ1n) is 9.26. The average molecular weight is 278 g/mol. The Morgan fingerprint density at radius 3 is 2.35 bits per heavy atom. The normalized spacial score (nSPS) is 35.1. The zero-order valence-electron chi connectivity index (χ0n) is 13.6. The molecule has 1 heterocycles. The predicted octanol–water partition coefficient (Wildman–Crippen LogP) is 3.81. The molecule has 0 aromatic carbocycles. The Morgan fingerprint density at radius 2 is 1.75 bits per heavy atom. The van der Waals surface area contributed by atoms with Gasteiger partial charge in [0.1, 0.15) is 0 Å². The minimum absolute atomic E-state index is 0.763. The van der Waals surface area contributed by atoms with Gasteiger partial charge in [-0.05, 0) is 50.9 Å². The Morgan fingerprint density at radius 1 is 1.00 bits per heavy atom. The van der Waals surface area contributed by atoms with E-state index in [1.807, 2.05) is 0 Å². The van der Waals surface area contributed by atoms with Gasteiger partial charge in [-0.15, -0.1) is 0 Å². The predicted molar refractivity (Wildman–Crippen MR) is 86.0 cm³/mol. The highest BCUT2D eigenvalue weighted by atomic mass is 15.2. The van der Waals surface area contributed by atoms with Gasteiger partial charge in [0.2, 0.25) is 0 Å². The third-order valence-corrected chi connectivity index (χ3v) is 6.38. The van der Waals surface area contributed by atoms with Crippen LogP contribution < -0.4 is 5.32 Å². The molecular weight excluding hydrogens is 244 g/mol. The molecule has 2 heteroatoms. The monoisotopic (exact) mass is 278 g/mol. The van der Waals surface area contributed by atoms with Crippen molar-refractivity contribution in [2.45, 2.75) is 89.8 Å². The van der Waals surface area contributed by atoms with Crippen LogP contribution in [-0.4, -0.2) is 36.1 Å². The third-order valence-electron chi connectivity index (χ3n) is 6.38. The third kappa shape index (κ3) is 3.39. The van der Waals surface area contributed by atoms with Crippen LogP contribution in [0.15, 0.2) is 0 Å². The number of hydrogen-bond donors (Lipinski definition) is 1. The lowest BCUT2D eigenvalue weighted by Crippen LogP contribution is -2.55. The molecule has 1 N–H and O–H groups in total. The summed E-state index contributed by atoms with van der Waals surface area (Å²) in [5.41, 5.74) is 0. The van der Waals surface area contributed by atoms with E-state index in [0.717, 1.165) is 30.0 Å². The Labute approximate surface area is 125 Å². The first-order valence-corrected chi connectivity index (χ1v) is 9.26.